The highest BCUT2D eigenvalue weighted by molar-refractivity contribution is 5.75. The van der Waals surface area contributed by atoms with Crippen LogP contribution in [-0.4, -0.2) is 68.5 Å². The summed E-state index contributed by atoms with van der Waals surface area (Å²) < 4.78 is 16.7. The number of methoxy groups -OCH3 is 2. The van der Waals surface area contributed by atoms with Gasteiger partial charge in [-0.15, -0.1) is 0 Å². The third-order valence-electron chi connectivity index (χ3n) is 4.65. The number of nitrogen functional groups attached to an aromatic ring is 1. The van der Waals surface area contributed by atoms with Gasteiger partial charge in [-0.2, -0.15) is 4.98 Å². The van der Waals surface area contributed by atoms with Crippen LogP contribution in [0.2, 0.25) is 0 Å². The first kappa shape index (κ1) is 19.2. The number of hydrogen-bond donors (Lipinski definition) is 2. The van der Waals surface area contributed by atoms with Gasteiger partial charge in [-0.05, 0) is 24.1 Å². The van der Waals surface area contributed by atoms with Crippen molar-refractivity contribution in [2.24, 2.45) is 0 Å². The van der Waals surface area contributed by atoms with Crippen LogP contribution in [0.25, 0.3) is 11.1 Å². The zero-order valence-corrected chi connectivity index (χ0v) is 16.1. The van der Waals surface area contributed by atoms with E-state index in [0.717, 1.165) is 37.2 Å². The summed E-state index contributed by atoms with van der Waals surface area (Å²) in [5.74, 6) is 2.28. The van der Waals surface area contributed by atoms with E-state index in [1.807, 2.05) is 18.2 Å². The maximum atomic E-state index is 6.07. The molecule has 2 aromatic rings. The molecule has 0 unspecified atom stereocenters. The molecule has 0 spiro atoms. The van der Waals surface area contributed by atoms with Crippen LogP contribution in [0.15, 0.2) is 24.4 Å². The van der Waals surface area contributed by atoms with E-state index in [1.165, 1.54) is 0 Å². The van der Waals surface area contributed by atoms with Crippen LogP contribution in [-0.2, 0) is 4.74 Å². The summed E-state index contributed by atoms with van der Waals surface area (Å²) >= 11 is 0. The van der Waals surface area contributed by atoms with Gasteiger partial charge in [0.15, 0.2) is 11.5 Å². The van der Waals surface area contributed by atoms with E-state index >= 15 is 0 Å². The molecule has 27 heavy (non-hydrogen) atoms. The van der Waals surface area contributed by atoms with Gasteiger partial charge >= 0.3 is 0 Å². The van der Waals surface area contributed by atoms with Gasteiger partial charge in [0, 0.05) is 45.6 Å². The van der Waals surface area contributed by atoms with E-state index in [1.54, 1.807) is 27.5 Å². The molecule has 3 rings (SSSR count). The molecular formula is C19H27N5O3. The van der Waals surface area contributed by atoms with Gasteiger partial charge in [-0.3, -0.25) is 4.90 Å². The Morgan fingerprint density at radius 1 is 1.26 bits per heavy atom. The Labute approximate surface area is 159 Å². The first-order valence-corrected chi connectivity index (χ1v) is 9.01. The summed E-state index contributed by atoms with van der Waals surface area (Å²) in [5, 5.41) is 2.88. The number of anilines is 2. The van der Waals surface area contributed by atoms with Crippen molar-refractivity contribution < 1.29 is 14.2 Å². The zero-order chi connectivity index (χ0) is 19.2. The minimum absolute atomic E-state index is 0.379. The number of nitrogens with two attached hydrogens (primary N) is 1. The van der Waals surface area contributed by atoms with Crippen LogP contribution < -0.4 is 20.5 Å². The van der Waals surface area contributed by atoms with Gasteiger partial charge in [0.25, 0.3) is 0 Å². The lowest BCUT2D eigenvalue weighted by atomic mass is 10.1. The van der Waals surface area contributed by atoms with Gasteiger partial charge in [-0.25, -0.2) is 4.98 Å². The first-order chi connectivity index (χ1) is 13.1. The molecule has 0 bridgehead atoms. The highest BCUT2D eigenvalue weighted by Gasteiger charge is 2.25. The standard InChI is InChI=1S/C19H27N5O3/c1-21-19-22-10-15(18(20)23-19)13-5-6-16(26-3)17(9-13)27-8-4-7-24-11-14(12-24)25-2/h5-6,9-10,14H,4,7-8,11-12H2,1-3H3,(H3,20,21,22,23). The van der Waals surface area contributed by atoms with Crippen LogP contribution in [0.1, 0.15) is 6.42 Å². The third-order valence-corrected chi connectivity index (χ3v) is 4.65. The summed E-state index contributed by atoms with van der Waals surface area (Å²) in [6.45, 7) is 3.60. The number of nitrogens with one attached hydrogen (secondary N) is 1. The number of benzene rings is 1. The van der Waals surface area contributed by atoms with Crippen LogP contribution in [0.5, 0.6) is 11.5 Å². The maximum absolute atomic E-state index is 6.07. The number of rotatable bonds is 9. The zero-order valence-electron chi connectivity index (χ0n) is 16.1. The number of nitrogens with zero attached hydrogens (tertiary/aromatic N) is 3. The van der Waals surface area contributed by atoms with Crippen molar-refractivity contribution in [2.75, 3.05) is 58.6 Å². The number of likely N-dealkylation sites (tertiary alicyclic amines) is 1. The molecule has 146 valence electrons. The van der Waals surface area contributed by atoms with E-state index in [9.17, 15) is 0 Å². The predicted octanol–water partition coefficient (Wildman–Crippen LogP) is 1.88. The van der Waals surface area contributed by atoms with Gasteiger partial charge in [0.05, 0.1) is 19.8 Å². The second-order valence-electron chi connectivity index (χ2n) is 6.43. The summed E-state index contributed by atoms with van der Waals surface area (Å²) in [7, 11) is 5.14. The maximum Gasteiger partial charge on any atom is 0.224 e. The molecule has 1 fully saturated rings. The number of hydrogen-bond acceptors (Lipinski definition) is 8. The number of ether oxygens (including phenoxy) is 3. The van der Waals surface area contributed by atoms with Crippen molar-refractivity contribution >= 4 is 11.8 Å². The minimum atomic E-state index is 0.379. The monoisotopic (exact) mass is 373 g/mol. The molecule has 0 amide bonds. The van der Waals surface area contributed by atoms with Crippen molar-refractivity contribution in [3.05, 3.63) is 24.4 Å². The van der Waals surface area contributed by atoms with Crippen LogP contribution in [0.4, 0.5) is 11.8 Å². The average Bonchev–Trinajstić information content (AvgIpc) is 2.66. The molecule has 1 saturated heterocycles. The third kappa shape index (κ3) is 4.58. The Morgan fingerprint density at radius 3 is 2.74 bits per heavy atom. The van der Waals surface area contributed by atoms with E-state index in [0.29, 0.717) is 36.0 Å². The average molecular weight is 373 g/mol. The highest BCUT2D eigenvalue weighted by atomic mass is 16.5. The van der Waals surface area contributed by atoms with Gasteiger partial charge in [0.1, 0.15) is 5.82 Å². The lowest BCUT2D eigenvalue weighted by Crippen LogP contribution is -2.51. The van der Waals surface area contributed by atoms with E-state index in [4.69, 9.17) is 19.9 Å². The summed E-state index contributed by atoms with van der Waals surface area (Å²) in [4.78, 5) is 10.8. The van der Waals surface area contributed by atoms with E-state index in [2.05, 4.69) is 20.2 Å². The molecule has 1 aromatic carbocycles. The second kappa shape index (κ2) is 8.88. The van der Waals surface area contributed by atoms with Crippen molar-refractivity contribution in [1.29, 1.82) is 0 Å². The molecule has 1 aliphatic rings. The van der Waals surface area contributed by atoms with Gasteiger partial charge < -0.3 is 25.3 Å². The first-order valence-electron chi connectivity index (χ1n) is 9.01. The molecular weight excluding hydrogens is 346 g/mol. The fourth-order valence-electron chi connectivity index (χ4n) is 3.02. The molecule has 8 heteroatoms. The quantitative estimate of drug-likeness (QED) is 0.644. The smallest absolute Gasteiger partial charge is 0.224 e. The molecule has 3 N–H and O–H groups in total. The summed E-state index contributed by atoms with van der Waals surface area (Å²) in [5.41, 5.74) is 7.71. The fourth-order valence-corrected chi connectivity index (χ4v) is 3.02. The predicted molar refractivity (Wildman–Crippen MR) is 105 cm³/mol. The topological polar surface area (TPSA) is 94.8 Å². The van der Waals surface area contributed by atoms with Crippen molar-refractivity contribution in [1.82, 2.24) is 14.9 Å². The molecule has 1 aromatic heterocycles. The Kier molecular flexibility index (Phi) is 6.31. The molecule has 0 aliphatic carbocycles. The highest BCUT2D eigenvalue weighted by Crippen LogP contribution is 2.34. The van der Waals surface area contributed by atoms with E-state index in [-0.39, 0.29) is 0 Å². The minimum Gasteiger partial charge on any atom is -0.493 e. The van der Waals surface area contributed by atoms with Crippen molar-refractivity contribution in [3.8, 4) is 22.6 Å². The molecule has 0 atom stereocenters. The van der Waals surface area contributed by atoms with Gasteiger partial charge in [0.2, 0.25) is 5.95 Å². The molecule has 8 nitrogen and oxygen atoms in total. The summed E-state index contributed by atoms with van der Waals surface area (Å²) in [6.07, 6.45) is 3.02. The fraction of sp³-hybridized carbons (Fsp3) is 0.474. The second-order valence-corrected chi connectivity index (χ2v) is 6.43. The van der Waals surface area contributed by atoms with Crippen molar-refractivity contribution in [3.63, 3.8) is 0 Å². The lowest BCUT2D eigenvalue weighted by molar-refractivity contribution is -0.0306. The molecule has 0 radical (unpaired) electrons. The SMILES string of the molecule is CNc1ncc(-c2ccc(OC)c(OCCCN3CC(OC)C3)c2)c(N)n1. The van der Waals surface area contributed by atoms with Crippen LogP contribution >= 0.6 is 0 Å². The lowest BCUT2D eigenvalue weighted by Gasteiger charge is -2.38. The van der Waals surface area contributed by atoms with Crippen LogP contribution in [0.3, 0.4) is 0 Å². The number of aromatic nitrogens is 2. The van der Waals surface area contributed by atoms with Gasteiger partial charge in [-0.1, -0.05) is 6.07 Å². The normalized spacial score (nSPS) is 14.6. The van der Waals surface area contributed by atoms with Crippen LogP contribution in [0, 0.1) is 0 Å². The Hall–Kier alpha value is -2.58. The Bertz CT molecular complexity index is 765. The largest absolute Gasteiger partial charge is 0.493 e. The molecule has 0 saturated carbocycles. The Balaban J connectivity index is 1.63. The Morgan fingerprint density at radius 2 is 2.07 bits per heavy atom. The summed E-state index contributed by atoms with van der Waals surface area (Å²) in [6, 6.07) is 5.71. The van der Waals surface area contributed by atoms with Crippen molar-refractivity contribution in [2.45, 2.75) is 12.5 Å². The van der Waals surface area contributed by atoms with E-state index < -0.39 is 0 Å². The molecule has 1 aliphatic heterocycles. The molecule has 2 heterocycles.